The molecule has 3 rings (SSSR count). The molecule has 0 unspecified atom stereocenters. The number of unbranched alkanes of at least 4 members (excludes halogenated alkanes) is 2. The molecule has 1 saturated heterocycles. The second-order valence-electron chi connectivity index (χ2n) is 14.4. The number of pyridine rings is 1. The van der Waals surface area contributed by atoms with Gasteiger partial charge in [-0.1, -0.05) is 12.8 Å². The maximum atomic E-state index is 13.9. The number of aliphatic carboxylic acids is 3. The fourth-order valence-corrected chi connectivity index (χ4v) is 8.69. The van der Waals surface area contributed by atoms with Crippen LogP contribution in [0.3, 0.4) is 0 Å². The zero-order valence-electron chi connectivity index (χ0n) is 33.8. The molecule has 0 aliphatic carbocycles. The van der Waals surface area contributed by atoms with Crippen molar-refractivity contribution in [2.24, 2.45) is 5.73 Å². The van der Waals surface area contributed by atoms with Crippen molar-refractivity contribution in [1.82, 2.24) is 24.6 Å². The highest BCUT2D eigenvalue weighted by atomic mass is 32.2. The van der Waals surface area contributed by atoms with Gasteiger partial charge in [0.1, 0.15) is 22.0 Å². The molecule has 20 nitrogen and oxygen atoms in total. The number of sulfone groups is 1. The molecule has 1 atom stereocenters. The average molecular weight is 863 g/mol. The van der Waals surface area contributed by atoms with Crippen LogP contribution in [0.15, 0.2) is 53.7 Å². The number of benzene rings is 1. The molecule has 1 aliphatic rings. The number of likely N-dealkylation sites (N-methyl/N-ethyl adjacent to an activating group) is 1. The van der Waals surface area contributed by atoms with Gasteiger partial charge < -0.3 is 35.6 Å². The molecule has 1 aliphatic heterocycles. The highest BCUT2D eigenvalue weighted by Gasteiger charge is 2.51. The molecule has 60 heavy (non-hydrogen) atoms. The van der Waals surface area contributed by atoms with Crippen LogP contribution in [0.1, 0.15) is 51.9 Å². The van der Waals surface area contributed by atoms with Crippen LogP contribution in [0.2, 0.25) is 0 Å². The number of likely N-dealkylation sites (tertiary alicyclic amines) is 1. The Labute approximate surface area is 348 Å². The fraction of sp³-hybridized carbons (Fsp3) is 0.538. The summed E-state index contributed by atoms with van der Waals surface area (Å²) in [5.74, 6) is -3.52. The second-order valence-corrected chi connectivity index (χ2v) is 16.6. The highest BCUT2D eigenvalue weighted by molar-refractivity contribution is 7.93. The van der Waals surface area contributed by atoms with Gasteiger partial charge in [0.05, 0.1) is 43.3 Å². The Balaban J connectivity index is 0.00000401. The first-order valence-corrected chi connectivity index (χ1v) is 20.6. The molecule has 0 radical (unpaired) electrons. The van der Waals surface area contributed by atoms with Gasteiger partial charge in [-0.05, 0) is 76.1 Å². The lowest BCUT2D eigenvalue weighted by atomic mass is 9.91. The number of rotatable bonds is 26. The van der Waals surface area contributed by atoms with Gasteiger partial charge in [-0.3, -0.25) is 43.6 Å². The lowest BCUT2D eigenvalue weighted by Crippen LogP contribution is -2.56. The number of Topliss-reactive ketones (excluding diaryl/α,β-unsaturated/α-hetero) is 2. The summed E-state index contributed by atoms with van der Waals surface area (Å²) in [6.07, 6.45) is 5.39. The third-order valence-electron chi connectivity index (χ3n) is 9.90. The first-order chi connectivity index (χ1) is 28.3. The van der Waals surface area contributed by atoms with E-state index in [1.165, 1.54) is 52.1 Å². The van der Waals surface area contributed by atoms with E-state index in [1.54, 1.807) is 30.3 Å². The third kappa shape index (κ3) is 16.7. The van der Waals surface area contributed by atoms with Crippen molar-refractivity contribution < 1.29 is 66.8 Å². The summed E-state index contributed by atoms with van der Waals surface area (Å²) in [5.41, 5.74) is 6.23. The number of carbonyl (C=O) groups is 6. The number of piperidine rings is 1. The molecule has 21 heteroatoms. The molecule has 0 spiro atoms. The summed E-state index contributed by atoms with van der Waals surface area (Å²) >= 11 is 0. The van der Waals surface area contributed by atoms with Crippen molar-refractivity contribution in [3.05, 3.63) is 48.8 Å². The standard InChI is InChI=1S/C38H54N6O12S.CO2/c1-28(45)38(57(54,55)32-12-10-30(11-13-32)56-31-8-6-16-40-23-31)14-17-44(18-15-38)37(53)33(39)9-5-3-4-7-29(46)24-42(25-34(47)48)21-19-41(2)20-22-43(26-35(49)50)27-36(51)52;2-1-3/h6,8,10-13,16,23,33H,3-5,7,9,14-15,17-22,24-27,39H2,1-2H3,(H,47,48)(H,49,50)(H,51,52);/t33-;/m0./s1. The van der Waals surface area contributed by atoms with Gasteiger partial charge in [-0.15, -0.1) is 0 Å². The Morgan fingerprint density at radius 2 is 1.37 bits per heavy atom. The van der Waals surface area contributed by atoms with Gasteiger partial charge in [0.2, 0.25) is 5.91 Å². The lowest BCUT2D eigenvalue weighted by molar-refractivity contribution is -0.192. The number of ether oxygens (including phenoxy) is 1. The second kappa shape index (κ2) is 25.2. The Morgan fingerprint density at radius 1 is 0.833 bits per heavy atom. The zero-order valence-corrected chi connectivity index (χ0v) is 34.6. The quantitative estimate of drug-likeness (QED) is 0.0944. The summed E-state index contributed by atoms with van der Waals surface area (Å²) in [5, 5.41) is 27.4. The number of nitrogens with two attached hydrogens (primary N) is 1. The van der Waals surface area contributed by atoms with E-state index in [2.05, 4.69) is 4.98 Å². The number of carboxylic acid groups (broad SMARTS) is 3. The number of ketones is 2. The minimum atomic E-state index is -4.13. The minimum Gasteiger partial charge on any atom is -0.480 e. The number of nitrogens with zero attached hydrogens (tertiary/aromatic N) is 5. The molecule has 0 saturated carbocycles. The van der Waals surface area contributed by atoms with E-state index < -0.39 is 57.4 Å². The first-order valence-electron chi connectivity index (χ1n) is 19.1. The molecule has 5 N–H and O–H groups in total. The van der Waals surface area contributed by atoms with Gasteiger partial charge in [-0.25, -0.2) is 8.42 Å². The van der Waals surface area contributed by atoms with Gasteiger partial charge in [-0.2, -0.15) is 9.59 Å². The molecule has 330 valence electrons. The van der Waals surface area contributed by atoms with Crippen LogP contribution < -0.4 is 10.5 Å². The normalized spacial score (nSPS) is 14.1. The summed E-state index contributed by atoms with van der Waals surface area (Å²) in [7, 11) is -2.40. The Hall–Kier alpha value is -5.44. The van der Waals surface area contributed by atoms with E-state index in [4.69, 9.17) is 30.3 Å². The summed E-state index contributed by atoms with van der Waals surface area (Å²) in [4.78, 5) is 98.7. The van der Waals surface area contributed by atoms with E-state index in [1.807, 2.05) is 0 Å². The average Bonchev–Trinajstić information content (AvgIpc) is 3.18. The van der Waals surface area contributed by atoms with Crippen LogP contribution in [-0.4, -0.2) is 173 Å². The number of amides is 1. The third-order valence-corrected chi connectivity index (χ3v) is 12.5. The topological polar surface area (TPSA) is 292 Å². The van der Waals surface area contributed by atoms with Gasteiger partial charge in [0.25, 0.3) is 0 Å². The lowest BCUT2D eigenvalue weighted by Gasteiger charge is -2.40. The fourth-order valence-electron chi connectivity index (χ4n) is 6.64. The van der Waals surface area contributed by atoms with E-state index in [9.17, 15) is 42.3 Å². The molecule has 0 bridgehead atoms. The van der Waals surface area contributed by atoms with Crippen LogP contribution in [0.4, 0.5) is 0 Å². The predicted octanol–water partition coefficient (Wildman–Crippen LogP) is 0.651. The van der Waals surface area contributed by atoms with Crippen LogP contribution in [-0.2, 0) is 48.2 Å². The van der Waals surface area contributed by atoms with Crippen molar-refractivity contribution in [3.8, 4) is 11.5 Å². The van der Waals surface area contributed by atoms with Crippen LogP contribution >= 0.6 is 0 Å². The maximum Gasteiger partial charge on any atom is 0.373 e. The van der Waals surface area contributed by atoms with Crippen molar-refractivity contribution in [1.29, 1.82) is 0 Å². The Morgan fingerprint density at radius 3 is 1.85 bits per heavy atom. The number of carbonyl (C=O) groups excluding carboxylic acids is 5. The number of hydrogen-bond acceptors (Lipinski definition) is 16. The Kier molecular flexibility index (Phi) is 21.3. The van der Waals surface area contributed by atoms with Crippen molar-refractivity contribution in [2.45, 2.75) is 67.6 Å². The van der Waals surface area contributed by atoms with Crippen molar-refractivity contribution in [3.63, 3.8) is 0 Å². The number of aromatic nitrogens is 1. The van der Waals surface area contributed by atoms with Crippen molar-refractivity contribution >= 4 is 51.4 Å². The number of hydrogen-bond donors (Lipinski definition) is 4. The van der Waals surface area contributed by atoms with Gasteiger partial charge >= 0.3 is 24.1 Å². The summed E-state index contributed by atoms with van der Waals surface area (Å²) in [6.45, 7) is 1.15. The molecule has 2 aromatic rings. The van der Waals surface area contributed by atoms with Crippen LogP contribution in [0, 0.1) is 0 Å². The van der Waals surface area contributed by atoms with Crippen LogP contribution in [0.25, 0.3) is 0 Å². The minimum absolute atomic E-state index is 0.0253. The van der Waals surface area contributed by atoms with E-state index in [0.29, 0.717) is 50.3 Å². The van der Waals surface area contributed by atoms with Gasteiger partial charge in [0.15, 0.2) is 15.6 Å². The molecule has 1 aromatic heterocycles. The molecule has 1 fully saturated rings. The smallest absolute Gasteiger partial charge is 0.373 e. The highest BCUT2D eigenvalue weighted by Crippen LogP contribution is 2.37. The van der Waals surface area contributed by atoms with E-state index in [-0.39, 0.29) is 81.3 Å². The SMILES string of the molecule is CC(=O)C1(S(=O)(=O)c2ccc(Oc3cccnc3)cc2)CCN(C(=O)[C@@H](N)CCCCCC(=O)CN(CCN(C)CCN(CC(=O)O)CC(=O)O)CC(=O)O)CC1.O=C=O. The zero-order chi connectivity index (χ0) is 44.9. The summed E-state index contributed by atoms with van der Waals surface area (Å²) < 4.78 is 31.7. The predicted molar refractivity (Wildman–Crippen MR) is 212 cm³/mol. The molecular formula is C39H54N6O14S. The first kappa shape index (κ1) is 50.7. The maximum absolute atomic E-state index is 13.9. The summed E-state index contributed by atoms with van der Waals surface area (Å²) in [6, 6.07) is 8.38. The van der Waals surface area contributed by atoms with Crippen molar-refractivity contribution in [2.75, 3.05) is 72.5 Å². The van der Waals surface area contributed by atoms with E-state index in [0.717, 1.165) is 0 Å². The van der Waals surface area contributed by atoms with E-state index >= 15 is 0 Å². The Bertz CT molecular complexity index is 1870. The molecule has 2 heterocycles. The largest absolute Gasteiger partial charge is 0.480 e. The monoisotopic (exact) mass is 862 g/mol. The molecule has 1 aromatic carbocycles. The molecule has 1 amide bonds. The molecular weight excluding hydrogens is 809 g/mol. The number of carboxylic acids is 3. The van der Waals surface area contributed by atoms with Gasteiger partial charge in [0, 0.05) is 51.9 Å². The van der Waals surface area contributed by atoms with Crippen LogP contribution in [0.5, 0.6) is 11.5 Å².